The van der Waals surface area contributed by atoms with Gasteiger partial charge in [-0.3, -0.25) is 9.69 Å². The first-order chi connectivity index (χ1) is 16.8. The predicted molar refractivity (Wildman–Crippen MR) is 142 cm³/mol. The van der Waals surface area contributed by atoms with Gasteiger partial charge in [-0.25, -0.2) is 0 Å². The van der Waals surface area contributed by atoms with Gasteiger partial charge in [0, 0.05) is 11.6 Å². The number of nitrogens with zero attached hydrogens (tertiary/aromatic N) is 2. The number of hydrogen-bond donors (Lipinski definition) is 0. The summed E-state index contributed by atoms with van der Waals surface area (Å²) in [5, 5.41) is 0.465. The average molecular weight is 535 g/mol. The molecule has 0 aromatic heterocycles. The molecule has 7 nitrogen and oxygen atoms in total. The first kappa shape index (κ1) is 26.8. The number of ether oxygens (including phenoxy) is 2. The smallest absolute Gasteiger partial charge is 0.284 e. The van der Waals surface area contributed by atoms with Gasteiger partial charge >= 0.3 is 0 Å². The molecule has 1 heterocycles. The van der Waals surface area contributed by atoms with Crippen LogP contribution in [0.5, 0.6) is 11.5 Å². The second-order valence-electron chi connectivity index (χ2n) is 7.58. The van der Waals surface area contributed by atoms with E-state index in [0.717, 1.165) is 31.0 Å². The summed E-state index contributed by atoms with van der Waals surface area (Å²) in [5.74, 6) is 0.813. The van der Waals surface area contributed by atoms with Crippen molar-refractivity contribution < 1.29 is 22.7 Å². The number of methoxy groups -OCH3 is 1. The molecule has 186 valence electrons. The Morgan fingerprint density at radius 1 is 1.14 bits per heavy atom. The van der Waals surface area contributed by atoms with Crippen molar-refractivity contribution in [2.75, 3.05) is 20.3 Å². The standard InChI is InChI=1S/C25H27ClN2O5S2/c1-4-6-7-15-33-21-13-8-18(16-22(21)32-3)17-23-24(29)28(14-5-2)25(34-23)27-35(30,31)20-11-9-19(26)10-12-20/h5,8-13,16-17H,2,4,6-7,14-15H2,1,3H3/b23-17-,27-25?. The average Bonchev–Trinajstić information content (AvgIpc) is 3.11. The fourth-order valence-corrected chi connectivity index (χ4v) is 5.52. The number of amides is 1. The lowest BCUT2D eigenvalue weighted by Crippen LogP contribution is -2.29. The summed E-state index contributed by atoms with van der Waals surface area (Å²) >= 11 is 6.84. The van der Waals surface area contributed by atoms with Crippen LogP contribution in [0.25, 0.3) is 6.08 Å². The van der Waals surface area contributed by atoms with Crippen LogP contribution in [-0.2, 0) is 14.8 Å². The highest BCUT2D eigenvalue weighted by Crippen LogP contribution is 2.35. The number of benzene rings is 2. The molecular weight excluding hydrogens is 508 g/mol. The van der Waals surface area contributed by atoms with Crippen molar-refractivity contribution >= 4 is 50.5 Å². The zero-order valence-corrected chi connectivity index (χ0v) is 22.0. The summed E-state index contributed by atoms with van der Waals surface area (Å²) < 4.78 is 40.8. The molecule has 0 unspecified atom stereocenters. The topological polar surface area (TPSA) is 85.3 Å². The molecule has 0 radical (unpaired) electrons. The maximum Gasteiger partial charge on any atom is 0.284 e. The minimum atomic E-state index is -4.04. The maximum absolute atomic E-state index is 13.0. The highest BCUT2D eigenvalue weighted by atomic mass is 35.5. The summed E-state index contributed by atoms with van der Waals surface area (Å²) in [6.45, 7) is 6.50. The van der Waals surface area contributed by atoms with Gasteiger partial charge in [0.15, 0.2) is 16.7 Å². The van der Waals surface area contributed by atoms with Gasteiger partial charge in [0.2, 0.25) is 0 Å². The lowest BCUT2D eigenvalue weighted by molar-refractivity contribution is -0.121. The molecule has 1 saturated heterocycles. The number of amidine groups is 1. The van der Waals surface area contributed by atoms with E-state index in [2.05, 4.69) is 17.9 Å². The van der Waals surface area contributed by atoms with E-state index in [1.165, 1.54) is 35.2 Å². The van der Waals surface area contributed by atoms with Crippen LogP contribution < -0.4 is 9.47 Å². The van der Waals surface area contributed by atoms with Crippen LogP contribution in [0.4, 0.5) is 0 Å². The zero-order valence-electron chi connectivity index (χ0n) is 19.6. The molecule has 0 aliphatic carbocycles. The molecule has 2 aromatic rings. The molecule has 1 aliphatic heterocycles. The Bertz CT molecular complexity index is 1240. The highest BCUT2D eigenvalue weighted by Gasteiger charge is 2.34. The number of unbranched alkanes of at least 4 members (excludes halogenated alkanes) is 2. The van der Waals surface area contributed by atoms with Crippen LogP contribution in [-0.4, -0.2) is 44.7 Å². The first-order valence-electron chi connectivity index (χ1n) is 11.0. The van der Waals surface area contributed by atoms with Crippen LogP contribution in [0, 0.1) is 0 Å². The van der Waals surface area contributed by atoms with Gasteiger partial charge in [-0.2, -0.15) is 8.42 Å². The van der Waals surface area contributed by atoms with Crippen molar-refractivity contribution in [3.63, 3.8) is 0 Å². The third-order valence-corrected chi connectivity index (χ3v) is 7.66. The predicted octanol–water partition coefficient (Wildman–Crippen LogP) is 5.76. The fourth-order valence-electron chi connectivity index (χ4n) is 3.21. The SMILES string of the molecule is C=CCN1C(=O)/C(=C/c2ccc(OCCCCC)c(OC)c2)SC1=NS(=O)(=O)c1ccc(Cl)cc1. The van der Waals surface area contributed by atoms with Crippen molar-refractivity contribution in [1.82, 2.24) is 4.90 Å². The molecule has 0 atom stereocenters. The van der Waals surface area contributed by atoms with Gasteiger partial charge in [-0.15, -0.1) is 11.0 Å². The van der Waals surface area contributed by atoms with Crippen LogP contribution in [0.3, 0.4) is 0 Å². The van der Waals surface area contributed by atoms with Gasteiger partial charge in [-0.05, 0) is 66.2 Å². The zero-order chi connectivity index (χ0) is 25.4. The summed E-state index contributed by atoms with van der Waals surface area (Å²) in [4.78, 5) is 14.6. The van der Waals surface area contributed by atoms with Crippen LogP contribution in [0.2, 0.25) is 5.02 Å². The van der Waals surface area contributed by atoms with Gasteiger partial charge in [0.25, 0.3) is 15.9 Å². The number of hydrogen-bond acceptors (Lipinski definition) is 6. The number of thioether (sulfide) groups is 1. The molecule has 3 rings (SSSR count). The van der Waals surface area contributed by atoms with Crippen LogP contribution in [0.15, 0.2) is 69.3 Å². The Hall–Kier alpha value is -2.75. The molecule has 1 fully saturated rings. The Kier molecular flexibility index (Phi) is 9.42. The van der Waals surface area contributed by atoms with Gasteiger partial charge < -0.3 is 9.47 Å². The molecule has 0 bridgehead atoms. The van der Waals surface area contributed by atoms with E-state index in [1.807, 2.05) is 6.07 Å². The monoisotopic (exact) mass is 534 g/mol. The third-order valence-electron chi connectivity index (χ3n) is 5.00. The Morgan fingerprint density at radius 2 is 1.89 bits per heavy atom. The van der Waals surface area contributed by atoms with E-state index in [-0.39, 0.29) is 22.5 Å². The number of halogens is 1. The van der Waals surface area contributed by atoms with Crippen molar-refractivity contribution in [1.29, 1.82) is 0 Å². The second kappa shape index (κ2) is 12.3. The fraction of sp³-hybridized carbons (Fsp3) is 0.280. The first-order valence-corrected chi connectivity index (χ1v) is 13.7. The lowest BCUT2D eigenvalue weighted by Gasteiger charge is -2.12. The number of carbonyl (C=O) groups excluding carboxylic acids is 1. The Balaban J connectivity index is 1.88. The maximum atomic E-state index is 13.0. The second-order valence-corrected chi connectivity index (χ2v) is 10.6. The molecule has 0 spiro atoms. The minimum absolute atomic E-state index is 0.0160. The molecule has 35 heavy (non-hydrogen) atoms. The molecule has 10 heteroatoms. The van der Waals surface area contributed by atoms with Crippen LogP contribution >= 0.6 is 23.4 Å². The van der Waals surface area contributed by atoms with Crippen molar-refractivity contribution in [2.24, 2.45) is 4.40 Å². The highest BCUT2D eigenvalue weighted by molar-refractivity contribution is 8.19. The molecule has 1 aliphatic rings. The molecular formula is C25H27ClN2O5S2. The van der Waals surface area contributed by atoms with Crippen molar-refractivity contribution in [3.05, 3.63) is 70.6 Å². The van der Waals surface area contributed by atoms with Gasteiger partial charge in [0.1, 0.15) is 0 Å². The largest absolute Gasteiger partial charge is 0.493 e. The van der Waals surface area contributed by atoms with Crippen LogP contribution in [0.1, 0.15) is 31.7 Å². The number of rotatable bonds is 11. The van der Waals surface area contributed by atoms with E-state index >= 15 is 0 Å². The van der Waals surface area contributed by atoms with E-state index in [1.54, 1.807) is 25.3 Å². The summed E-state index contributed by atoms with van der Waals surface area (Å²) in [6.07, 6.45) is 6.33. The van der Waals surface area contributed by atoms with Gasteiger partial charge in [0.05, 0.1) is 23.5 Å². The Labute approximate surface area is 215 Å². The van der Waals surface area contributed by atoms with Crippen molar-refractivity contribution in [2.45, 2.75) is 31.1 Å². The normalized spacial score (nSPS) is 16.2. The van der Waals surface area contributed by atoms with E-state index < -0.39 is 10.0 Å². The Morgan fingerprint density at radius 3 is 2.54 bits per heavy atom. The van der Waals surface area contributed by atoms with E-state index in [9.17, 15) is 13.2 Å². The number of carbonyl (C=O) groups is 1. The van der Waals surface area contributed by atoms with Gasteiger partial charge in [-0.1, -0.05) is 43.5 Å². The molecule has 0 saturated carbocycles. The molecule has 0 N–H and O–H groups in total. The number of sulfonamides is 1. The minimum Gasteiger partial charge on any atom is -0.493 e. The summed E-state index contributed by atoms with van der Waals surface area (Å²) in [7, 11) is -2.49. The van der Waals surface area contributed by atoms with E-state index in [4.69, 9.17) is 21.1 Å². The lowest BCUT2D eigenvalue weighted by atomic mass is 10.2. The van der Waals surface area contributed by atoms with E-state index in [0.29, 0.717) is 33.6 Å². The van der Waals surface area contributed by atoms with Crippen molar-refractivity contribution in [3.8, 4) is 11.5 Å². The molecule has 2 aromatic carbocycles. The quantitative estimate of drug-likeness (QED) is 0.207. The third kappa shape index (κ3) is 6.90. The molecule has 1 amide bonds. The summed E-state index contributed by atoms with van der Waals surface area (Å²) in [5.41, 5.74) is 0.707. The summed E-state index contributed by atoms with van der Waals surface area (Å²) in [6, 6.07) is 11.1.